The smallest absolute Gasteiger partial charge is 0.314 e. The summed E-state index contributed by atoms with van der Waals surface area (Å²) in [5.41, 5.74) is 4.92. The quantitative estimate of drug-likeness (QED) is 0.658. The third kappa shape index (κ3) is 2.48. The molecule has 0 saturated carbocycles. The predicted molar refractivity (Wildman–Crippen MR) is 59.6 cm³/mol. The van der Waals surface area contributed by atoms with E-state index in [9.17, 15) is 14.5 Å². The number of anilines is 1. The third-order valence-corrected chi connectivity index (χ3v) is 2.00. The lowest BCUT2D eigenvalue weighted by atomic mass is 10.3. The predicted octanol–water partition coefficient (Wildman–Crippen LogP) is 1.90. The molecule has 8 heteroatoms. The number of nitrogen functional groups attached to an aromatic ring is 1. The van der Waals surface area contributed by atoms with Gasteiger partial charge in [0.1, 0.15) is 18.0 Å². The summed E-state index contributed by atoms with van der Waals surface area (Å²) in [4.78, 5) is 17.4. The zero-order valence-corrected chi connectivity index (χ0v) is 8.91. The normalized spacial score (nSPS) is 10.1. The molecule has 7 nitrogen and oxygen atoms in total. The van der Waals surface area contributed by atoms with Crippen molar-refractivity contribution >= 4 is 11.5 Å². The van der Waals surface area contributed by atoms with Gasteiger partial charge in [-0.2, -0.15) is 0 Å². The Morgan fingerprint density at radius 3 is 2.78 bits per heavy atom. The zero-order valence-electron chi connectivity index (χ0n) is 8.91. The molecule has 2 rings (SSSR count). The highest BCUT2D eigenvalue weighted by Gasteiger charge is 2.17. The molecule has 0 aliphatic rings. The molecule has 0 aliphatic carbocycles. The second kappa shape index (κ2) is 4.62. The minimum absolute atomic E-state index is 0.0391. The van der Waals surface area contributed by atoms with Crippen LogP contribution < -0.4 is 10.5 Å². The van der Waals surface area contributed by atoms with Crippen molar-refractivity contribution in [3.05, 3.63) is 46.5 Å². The van der Waals surface area contributed by atoms with E-state index in [0.717, 1.165) is 24.5 Å². The average molecular weight is 250 g/mol. The topological polar surface area (TPSA) is 104 Å². The first kappa shape index (κ1) is 11.7. The van der Waals surface area contributed by atoms with E-state index in [1.165, 1.54) is 6.07 Å². The van der Waals surface area contributed by atoms with Gasteiger partial charge in [0.25, 0.3) is 0 Å². The van der Waals surface area contributed by atoms with Crippen LogP contribution in [0.25, 0.3) is 0 Å². The highest BCUT2D eigenvalue weighted by Crippen LogP contribution is 2.31. The number of hydrogen-bond donors (Lipinski definition) is 1. The van der Waals surface area contributed by atoms with Gasteiger partial charge < -0.3 is 10.5 Å². The number of nitro benzene ring substituents is 1. The number of rotatable bonds is 3. The molecule has 0 fully saturated rings. The first-order valence-corrected chi connectivity index (χ1v) is 4.75. The molecule has 0 saturated heterocycles. The van der Waals surface area contributed by atoms with Crippen LogP contribution >= 0.6 is 0 Å². The Kier molecular flexibility index (Phi) is 3.00. The minimum atomic E-state index is -0.747. The second-order valence-electron chi connectivity index (χ2n) is 3.25. The summed E-state index contributed by atoms with van der Waals surface area (Å²) in [5, 5.41) is 10.7. The number of nitro groups is 1. The maximum Gasteiger partial charge on any atom is 0.314 e. The molecule has 18 heavy (non-hydrogen) atoms. The number of benzene rings is 1. The monoisotopic (exact) mass is 250 g/mol. The van der Waals surface area contributed by atoms with Crippen LogP contribution in [0.1, 0.15) is 0 Å². The molecule has 1 aromatic heterocycles. The van der Waals surface area contributed by atoms with Crippen LogP contribution in [0.3, 0.4) is 0 Å². The minimum Gasteiger partial charge on any atom is -0.432 e. The Morgan fingerprint density at radius 1 is 1.33 bits per heavy atom. The maximum atomic E-state index is 12.9. The van der Waals surface area contributed by atoms with Crippen molar-refractivity contribution in [1.82, 2.24) is 9.97 Å². The third-order valence-electron chi connectivity index (χ3n) is 2.00. The molecule has 1 aromatic carbocycles. The second-order valence-corrected chi connectivity index (χ2v) is 3.25. The number of aromatic nitrogens is 2. The van der Waals surface area contributed by atoms with Crippen molar-refractivity contribution < 1.29 is 14.1 Å². The van der Waals surface area contributed by atoms with Gasteiger partial charge in [0, 0.05) is 6.07 Å². The van der Waals surface area contributed by atoms with Crippen LogP contribution in [-0.2, 0) is 0 Å². The standard InChI is InChI=1S/C10H7FN4O3/c11-6-1-2-8(7(3-6)15(16)17)18-10-4-9(12)13-5-14-10/h1-5H,(H2,12,13,14). The number of ether oxygens (including phenoxy) is 1. The molecule has 0 aliphatic heterocycles. The lowest BCUT2D eigenvalue weighted by Crippen LogP contribution is -1.97. The van der Waals surface area contributed by atoms with Crippen LogP contribution in [0.2, 0.25) is 0 Å². The Labute approximate surface area is 100 Å². The van der Waals surface area contributed by atoms with Crippen LogP contribution in [0.5, 0.6) is 11.6 Å². The highest BCUT2D eigenvalue weighted by atomic mass is 19.1. The zero-order chi connectivity index (χ0) is 13.1. The SMILES string of the molecule is Nc1cc(Oc2ccc(F)cc2[N+](=O)[O-])ncn1. The number of halogens is 1. The van der Waals surface area contributed by atoms with Crippen molar-refractivity contribution in [2.75, 3.05) is 5.73 Å². The fourth-order valence-electron chi connectivity index (χ4n) is 1.24. The summed E-state index contributed by atoms with van der Waals surface area (Å²) in [7, 11) is 0. The number of nitrogens with two attached hydrogens (primary N) is 1. The van der Waals surface area contributed by atoms with E-state index < -0.39 is 16.4 Å². The summed E-state index contributed by atoms with van der Waals surface area (Å²) in [6.07, 6.45) is 1.15. The number of nitrogens with zero attached hydrogens (tertiary/aromatic N) is 3. The van der Waals surface area contributed by atoms with Gasteiger partial charge in [0.2, 0.25) is 11.6 Å². The van der Waals surface area contributed by atoms with Gasteiger partial charge in [0.15, 0.2) is 0 Å². The van der Waals surface area contributed by atoms with E-state index >= 15 is 0 Å². The molecule has 0 unspecified atom stereocenters. The molecule has 92 valence electrons. The van der Waals surface area contributed by atoms with Crippen molar-refractivity contribution in [2.45, 2.75) is 0 Å². The van der Waals surface area contributed by atoms with E-state index in [4.69, 9.17) is 10.5 Å². The summed E-state index contributed by atoms with van der Waals surface area (Å²) in [6.45, 7) is 0. The number of hydrogen-bond acceptors (Lipinski definition) is 6. The molecule has 0 atom stereocenters. The fraction of sp³-hybridized carbons (Fsp3) is 0. The Bertz CT molecular complexity index is 605. The van der Waals surface area contributed by atoms with Gasteiger partial charge >= 0.3 is 5.69 Å². The summed E-state index contributed by atoms with van der Waals surface area (Å²) in [5.74, 6) is -0.655. The maximum absolute atomic E-state index is 12.9. The molecular weight excluding hydrogens is 243 g/mol. The van der Waals surface area contributed by atoms with E-state index in [1.807, 2.05) is 0 Å². The van der Waals surface area contributed by atoms with Gasteiger partial charge in [-0.15, -0.1) is 0 Å². The van der Waals surface area contributed by atoms with Crippen LogP contribution in [0, 0.1) is 15.9 Å². The van der Waals surface area contributed by atoms with Gasteiger partial charge in [-0.05, 0) is 12.1 Å². The van der Waals surface area contributed by atoms with E-state index in [-0.39, 0.29) is 17.4 Å². The van der Waals surface area contributed by atoms with Gasteiger partial charge in [-0.1, -0.05) is 0 Å². The Hall–Kier alpha value is -2.77. The highest BCUT2D eigenvalue weighted by molar-refractivity contribution is 5.48. The summed E-state index contributed by atoms with van der Waals surface area (Å²) < 4.78 is 18.1. The van der Waals surface area contributed by atoms with Gasteiger partial charge in [0.05, 0.1) is 11.0 Å². The Morgan fingerprint density at radius 2 is 2.11 bits per heavy atom. The first-order chi connectivity index (χ1) is 8.56. The van der Waals surface area contributed by atoms with Crippen molar-refractivity contribution in [1.29, 1.82) is 0 Å². The van der Waals surface area contributed by atoms with Crippen LogP contribution in [0.15, 0.2) is 30.6 Å². The Balaban J connectivity index is 2.37. The van der Waals surface area contributed by atoms with Crippen LogP contribution in [-0.4, -0.2) is 14.9 Å². The van der Waals surface area contributed by atoms with Gasteiger partial charge in [-0.3, -0.25) is 10.1 Å². The molecule has 2 N–H and O–H groups in total. The van der Waals surface area contributed by atoms with E-state index in [1.54, 1.807) is 0 Å². The van der Waals surface area contributed by atoms with Gasteiger partial charge in [-0.25, -0.2) is 14.4 Å². The van der Waals surface area contributed by atoms with Crippen LogP contribution in [0.4, 0.5) is 15.9 Å². The van der Waals surface area contributed by atoms with Crippen molar-refractivity contribution in [2.24, 2.45) is 0 Å². The molecule has 0 spiro atoms. The average Bonchev–Trinajstić information content (AvgIpc) is 2.31. The largest absolute Gasteiger partial charge is 0.432 e. The van der Waals surface area contributed by atoms with E-state index in [2.05, 4.69) is 9.97 Å². The molecular formula is C10H7FN4O3. The molecule has 0 bridgehead atoms. The lowest BCUT2D eigenvalue weighted by molar-refractivity contribution is -0.385. The molecule has 0 radical (unpaired) electrons. The summed E-state index contributed by atoms with van der Waals surface area (Å²) >= 11 is 0. The molecule has 0 amide bonds. The summed E-state index contributed by atoms with van der Waals surface area (Å²) in [6, 6.07) is 4.26. The van der Waals surface area contributed by atoms with Crippen molar-refractivity contribution in [3.63, 3.8) is 0 Å². The lowest BCUT2D eigenvalue weighted by Gasteiger charge is -2.05. The van der Waals surface area contributed by atoms with E-state index in [0.29, 0.717) is 0 Å². The fourth-order valence-corrected chi connectivity index (χ4v) is 1.24. The first-order valence-electron chi connectivity index (χ1n) is 4.75. The van der Waals surface area contributed by atoms with Crippen molar-refractivity contribution in [3.8, 4) is 11.6 Å². The molecule has 1 heterocycles. The molecule has 2 aromatic rings.